The second-order valence-electron chi connectivity index (χ2n) is 8.16. The van der Waals surface area contributed by atoms with Crippen LogP contribution >= 0.6 is 11.8 Å². The van der Waals surface area contributed by atoms with Crippen molar-refractivity contribution in [2.24, 2.45) is 7.05 Å². The topological polar surface area (TPSA) is 59.4 Å². The van der Waals surface area contributed by atoms with Crippen LogP contribution in [0.4, 0.5) is 0 Å². The molecule has 4 rings (SSSR count). The van der Waals surface area contributed by atoms with Gasteiger partial charge in [0.2, 0.25) is 5.91 Å². The molecule has 1 aliphatic rings. The zero-order valence-electron chi connectivity index (χ0n) is 18.7. The van der Waals surface area contributed by atoms with E-state index in [2.05, 4.69) is 70.7 Å². The lowest BCUT2D eigenvalue weighted by Gasteiger charge is -2.33. The highest BCUT2D eigenvalue weighted by Crippen LogP contribution is 2.25. The number of rotatable bonds is 8. The minimum Gasteiger partial charge on any atom is -0.374 e. The van der Waals surface area contributed by atoms with Crippen LogP contribution in [-0.2, 0) is 23.1 Å². The first-order chi connectivity index (χ1) is 15.6. The molecular formula is C25H30N4O2S. The Morgan fingerprint density at radius 3 is 2.75 bits per heavy atom. The summed E-state index contributed by atoms with van der Waals surface area (Å²) in [5, 5.41) is 3.85. The van der Waals surface area contributed by atoms with E-state index in [9.17, 15) is 4.79 Å². The van der Waals surface area contributed by atoms with Crippen molar-refractivity contribution in [3.8, 4) is 11.3 Å². The van der Waals surface area contributed by atoms with Crippen LogP contribution in [0, 0.1) is 6.92 Å². The molecule has 1 atom stereocenters. The summed E-state index contributed by atoms with van der Waals surface area (Å²) in [5.74, 6) is 0.331. The molecule has 1 amide bonds. The van der Waals surface area contributed by atoms with Gasteiger partial charge in [-0.15, -0.1) is 0 Å². The zero-order chi connectivity index (χ0) is 22.3. The van der Waals surface area contributed by atoms with Crippen molar-refractivity contribution in [2.75, 3.05) is 32.0 Å². The highest BCUT2D eigenvalue weighted by atomic mass is 32.2. The van der Waals surface area contributed by atoms with E-state index in [-0.39, 0.29) is 12.0 Å². The number of thioether (sulfide) groups is 1. The van der Waals surface area contributed by atoms with E-state index in [0.717, 1.165) is 36.0 Å². The van der Waals surface area contributed by atoms with Crippen molar-refractivity contribution in [2.45, 2.75) is 24.7 Å². The second kappa shape index (κ2) is 10.8. The van der Waals surface area contributed by atoms with E-state index < -0.39 is 0 Å². The number of nitrogens with one attached hydrogen (secondary N) is 1. The van der Waals surface area contributed by atoms with Gasteiger partial charge in [0.1, 0.15) is 0 Å². The van der Waals surface area contributed by atoms with E-state index in [0.29, 0.717) is 18.9 Å². The van der Waals surface area contributed by atoms with Gasteiger partial charge < -0.3 is 14.6 Å². The van der Waals surface area contributed by atoms with Crippen molar-refractivity contribution in [1.29, 1.82) is 0 Å². The summed E-state index contributed by atoms with van der Waals surface area (Å²) in [6.45, 7) is 5.94. The van der Waals surface area contributed by atoms with Crippen LogP contribution in [0.1, 0.15) is 11.1 Å². The third-order valence-electron chi connectivity index (χ3n) is 5.62. The Morgan fingerprint density at radius 1 is 1.19 bits per heavy atom. The molecule has 0 unspecified atom stereocenters. The smallest absolute Gasteiger partial charge is 0.230 e. The summed E-state index contributed by atoms with van der Waals surface area (Å²) < 4.78 is 7.90. The number of aromatic nitrogens is 2. The van der Waals surface area contributed by atoms with Crippen LogP contribution in [0.5, 0.6) is 0 Å². The number of ether oxygens (including phenoxy) is 1. The minimum atomic E-state index is -0.00123. The average molecular weight is 451 g/mol. The number of nitrogens with zero attached hydrogens (tertiary/aromatic N) is 3. The normalized spacial score (nSPS) is 16.8. The molecule has 3 aromatic rings. The quantitative estimate of drug-likeness (QED) is 0.533. The van der Waals surface area contributed by atoms with Crippen molar-refractivity contribution in [1.82, 2.24) is 19.8 Å². The number of morpholine rings is 1. The zero-order valence-corrected chi connectivity index (χ0v) is 19.5. The molecule has 32 heavy (non-hydrogen) atoms. The van der Waals surface area contributed by atoms with Crippen molar-refractivity contribution >= 4 is 17.7 Å². The maximum Gasteiger partial charge on any atom is 0.230 e. The number of carbonyl (C=O) groups is 1. The van der Waals surface area contributed by atoms with Gasteiger partial charge in [-0.1, -0.05) is 71.9 Å². The molecule has 168 valence electrons. The Bertz CT molecular complexity index is 1020. The second-order valence-corrected chi connectivity index (χ2v) is 9.10. The first kappa shape index (κ1) is 22.6. The molecule has 0 spiro atoms. The summed E-state index contributed by atoms with van der Waals surface area (Å²) in [7, 11) is 1.99. The molecule has 2 heterocycles. The Labute approximate surface area is 194 Å². The number of imidazole rings is 1. The van der Waals surface area contributed by atoms with E-state index in [1.54, 1.807) is 0 Å². The van der Waals surface area contributed by atoms with E-state index in [1.165, 1.54) is 22.9 Å². The van der Waals surface area contributed by atoms with Gasteiger partial charge in [-0.3, -0.25) is 9.69 Å². The number of carbonyl (C=O) groups excluding carboxylic acids is 1. The number of benzene rings is 2. The molecule has 0 aliphatic carbocycles. The molecule has 0 saturated carbocycles. The van der Waals surface area contributed by atoms with E-state index in [1.807, 2.05) is 23.9 Å². The lowest BCUT2D eigenvalue weighted by atomic mass is 10.1. The molecule has 7 heteroatoms. The molecular weight excluding hydrogens is 420 g/mol. The van der Waals surface area contributed by atoms with Crippen LogP contribution in [0.15, 0.2) is 66.0 Å². The Balaban J connectivity index is 1.23. The first-order valence-electron chi connectivity index (χ1n) is 10.9. The predicted molar refractivity (Wildman–Crippen MR) is 129 cm³/mol. The fourth-order valence-electron chi connectivity index (χ4n) is 3.82. The summed E-state index contributed by atoms with van der Waals surface area (Å²) in [4.78, 5) is 19.3. The molecule has 0 radical (unpaired) electrons. The summed E-state index contributed by atoms with van der Waals surface area (Å²) in [6.07, 6.45) is 1.88. The van der Waals surface area contributed by atoms with Gasteiger partial charge in [-0.25, -0.2) is 4.98 Å². The summed E-state index contributed by atoms with van der Waals surface area (Å²) in [5.41, 5.74) is 4.69. The number of hydrogen-bond acceptors (Lipinski definition) is 5. The van der Waals surface area contributed by atoms with E-state index >= 15 is 0 Å². The molecule has 1 saturated heterocycles. The number of hydrogen-bond donors (Lipinski definition) is 1. The largest absolute Gasteiger partial charge is 0.374 e. The van der Waals surface area contributed by atoms with Crippen molar-refractivity contribution < 1.29 is 9.53 Å². The Hall–Kier alpha value is -2.61. The SMILES string of the molecule is Cc1ccc(-c2cnc(SCC(=O)NC[C@H]3CN(Cc4ccccc4)CCO3)n2C)cc1. The summed E-state index contributed by atoms with van der Waals surface area (Å²) in [6, 6.07) is 18.8. The molecule has 1 fully saturated rings. The highest BCUT2D eigenvalue weighted by Gasteiger charge is 2.21. The lowest BCUT2D eigenvalue weighted by Crippen LogP contribution is -2.47. The maximum atomic E-state index is 12.4. The van der Waals surface area contributed by atoms with Gasteiger partial charge in [0.25, 0.3) is 0 Å². The fourth-order valence-corrected chi connectivity index (χ4v) is 4.60. The van der Waals surface area contributed by atoms with Crippen LogP contribution in [-0.4, -0.2) is 58.5 Å². The molecule has 1 N–H and O–H groups in total. The highest BCUT2D eigenvalue weighted by molar-refractivity contribution is 7.99. The van der Waals surface area contributed by atoms with Crippen molar-refractivity contribution in [3.63, 3.8) is 0 Å². The summed E-state index contributed by atoms with van der Waals surface area (Å²) >= 11 is 1.45. The Kier molecular flexibility index (Phi) is 7.63. The van der Waals surface area contributed by atoms with Gasteiger partial charge in [0, 0.05) is 33.2 Å². The number of amides is 1. The van der Waals surface area contributed by atoms with Gasteiger partial charge >= 0.3 is 0 Å². The molecule has 1 aromatic heterocycles. The average Bonchev–Trinajstić information content (AvgIpc) is 3.18. The van der Waals surface area contributed by atoms with Gasteiger partial charge in [0.05, 0.1) is 30.4 Å². The fraction of sp³-hybridized carbons (Fsp3) is 0.360. The van der Waals surface area contributed by atoms with Crippen LogP contribution in [0.25, 0.3) is 11.3 Å². The van der Waals surface area contributed by atoms with Gasteiger partial charge in [-0.05, 0) is 18.1 Å². The van der Waals surface area contributed by atoms with Crippen LogP contribution in [0.2, 0.25) is 0 Å². The molecule has 1 aliphatic heterocycles. The predicted octanol–water partition coefficient (Wildman–Crippen LogP) is 3.50. The molecule has 0 bridgehead atoms. The van der Waals surface area contributed by atoms with Crippen molar-refractivity contribution in [3.05, 3.63) is 71.9 Å². The molecule has 6 nitrogen and oxygen atoms in total. The van der Waals surface area contributed by atoms with Gasteiger partial charge in [-0.2, -0.15) is 0 Å². The monoisotopic (exact) mass is 450 g/mol. The Morgan fingerprint density at radius 2 is 1.97 bits per heavy atom. The third-order valence-corrected chi connectivity index (χ3v) is 6.67. The lowest BCUT2D eigenvalue weighted by molar-refractivity contribution is -0.119. The van der Waals surface area contributed by atoms with Crippen LogP contribution in [0.3, 0.4) is 0 Å². The molecule has 2 aromatic carbocycles. The van der Waals surface area contributed by atoms with Gasteiger partial charge in [0.15, 0.2) is 5.16 Å². The number of aryl methyl sites for hydroxylation is 1. The maximum absolute atomic E-state index is 12.4. The van der Waals surface area contributed by atoms with E-state index in [4.69, 9.17) is 4.74 Å². The minimum absolute atomic E-state index is 0.00123. The standard InChI is InChI=1S/C25H30N4O2S/c1-19-8-10-21(11-9-19)23-15-27-25(28(23)2)32-18-24(30)26-14-22-17-29(12-13-31-22)16-20-6-4-3-5-7-20/h3-11,15,22H,12-14,16-18H2,1-2H3,(H,26,30)/t22-/m0/s1. The first-order valence-corrected chi connectivity index (χ1v) is 11.9. The third kappa shape index (κ3) is 6.00. The van der Waals surface area contributed by atoms with Crippen LogP contribution < -0.4 is 5.32 Å².